The minimum absolute atomic E-state index is 0.0231. The maximum Gasteiger partial charge on any atom is 0.260 e. The van der Waals surface area contributed by atoms with Gasteiger partial charge in [-0.15, -0.1) is 0 Å². The Morgan fingerprint density at radius 1 is 1.04 bits per heavy atom. The lowest BCUT2D eigenvalue weighted by Crippen LogP contribution is -2.36. The van der Waals surface area contributed by atoms with E-state index in [9.17, 15) is 4.79 Å². The van der Waals surface area contributed by atoms with Gasteiger partial charge in [-0.3, -0.25) is 9.78 Å². The molecule has 1 amide bonds. The van der Waals surface area contributed by atoms with E-state index in [2.05, 4.69) is 11.1 Å². The molecule has 0 spiro atoms. The van der Waals surface area contributed by atoms with Gasteiger partial charge < -0.3 is 9.64 Å². The van der Waals surface area contributed by atoms with Crippen molar-refractivity contribution >= 4 is 11.6 Å². The summed E-state index contributed by atoms with van der Waals surface area (Å²) in [6.45, 7) is 2.58. The van der Waals surface area contributed by atoms with E-state index in [-0.39, 0.29) is 5.91 Å². The third-order valence-electron chi connectivity index (χ3n) is 5.03. The molecule has 0 unspecified atom stereocenters. The van der Waals surface area contributed by atoms with Crippen LogP contribution in [0.15, 0.2) is 60.7 Å². The molecule has 3 aromatic rings. The molecule has 136 valence electrons. The van der Waals surface area contributed by atoms with Crippen LogP contribution in [-0.2, 0) is 6.42 Å². The van der Waals surface area contributed by atoms with E-state index < -0.39 is 0 Å². The van der Waals surface area contributed by atoms with E-state index in [1.807, 2.05) is 66.4 Å². The predicted octanol–water partition coefficient (Wildman–Crippen LogP) is 4.66. The van der Waals surface area contributed by atoms with Crippen molar-refractivity contribution < 1.29 is 9.53 Å². The summed E-state index contributed by atoms with van der Waals surface area (Å²) in [5.74, 6) is 0.720. The molecule has 0 saturated heterocycles. The molecule has 4 rings (SSSR count). The molecule has 4 heteroatoms. The number of fused-ring (bicyclic) bond motifs is 1. The summed E-state index contributed by atoms with van der Waals surface area (Å²) in [5.41, 5.74) is 5.34. The molecule has 0 fully saturated rings. The lowest BCUT2D eigenvalue weighted by molar-refractivity contribution is 0.0983. The first kappa shape index (κ1) is 17.3. The summed E-state index contributed by atoms with van der Waals surface area (Å²) in [6, 6.07) is 19.8. The van der Waals surface area contributed by atoms with Crippen LogP contribution >= 0.6 is 0 Å². The Balaban J connectivity index is 1.71. The van der Waals surface area contributed by atoms with Crippen LogP contribution in [0.5, 0.6) is 5.75 Å². The average Bonchev–Trinajstić information content (AvgIpc) is 2.73. The van der Waals surface area contributed by atoms with Gasteiger partial charge in [0.15, 0.2) is 0 Å². The fourth-order valence-electron chi connectivity index (χ4n) is 3.69. The van der Waals surface area contributed by atoms with Crippen LogP contribution < -0.4 is 9.64 Å². The third kappa shape index (κ3) is 3.19. The van der Waals surface area contributed by atoms with Crippen molar-refractivity contribution in [3.05, 3.63) is 77.5 Å². The Kier molecular flexibility index (Phi) is 4.63. The second kappa shape index (κ2) is 7.23. The van der Waals surface area contributed by atoms with Gasteiger partial charge in [-0.2, -0.15) is 0 Å². The number of para-hydroxylation sites is 1. The minimum Gasteiger partial charge on any atom is -0.495 e. The molecule has 27 heavy (non-hydrogen) atoms. The van der Waals surface area contributed by atoms with E-state index in [1.54, 1.807) is 7.11 Å². The number of amides is 1. The highest BCUT2D eigenvalue weighted by atomic mass is 16.5. The van der Waals surface area contributed by atoms with Gasteiger partial charge in [-0.1, -0.05) is 42.5 Å². The highest BCUT2D eigenvalue weighted by Gasteiger charge is 2.27. The van der Waals surface area contributed by atoms with Gasteiger partial charge in [0, 0.05) is 12.1 Å². The molecule has 1 aromatic heterocycles. The number of anilines is 1. The summed E-state index contributed by atoms with van der Waals surface area (Å²) < 4.78 is 5.53. The van der Waals surface area contributed by atoms with Crippen LogP contribution in [-0.4, -0.2) is 24.5 Å². The number of benzene rings is 2. The number of ether oxygens (including phenoxy) is 1. The number of carbonyl (C=O) groups excluding carboxylic acids is 1. The van der Waals surface area contributed by atoms with Gasteiger partial charge in [0.05, 0.1) is 29.7 Å². The van der Waals surface area contributed by atoms with E-state index in [4.69, 9.17) is 4.74 Å². The van der Waals surface area contributed by atoms with Crippen LogP contribution in [0.3, 0.4) is 0 Å². The standard InChI is InChI=1S/C23H22N2O2/c1-16-19(13-14-20(24-16)17-8-4-3-5-9-17)23(26)25-15-7-11-18-10-6-12-21(27-2)22(18)25/h3-6,8-10,12-14H,7,11,15H2,1-2H3. The first-order valence-corrected chi connectivity index (χ1v) is 9.20. The Labute approximate surface area is 159 Å². The fourth-order valence-corrected chi connectivity index (χ4v) is 3.69. The van der Waals surface area contributed by atoms with Crippen molar-refractivity contribution in [2.24, 2.45) is 0 Å². The first-order valence-electron chi connectivity index (χ1n) is 9.20. The molecule has 0 N–H and O–H groups in total. The molecule has 0 aliphatic carbocycles. The van der Waals surface area contributed by atoms with Crippen molar-refractivity contribution in [3.8, 4) is 17.0 Å². The Morgan fingerprint density at radius 2 is 1.85 bits per heavy atom. The summed E-state index contributed by atoms with van der Waals surface area (Å²) in [7, 11) is 1.65. The minimum atomic E-state index is -0.0231. The molecule has 4 nitrogen and oxygen atoms in total. The molecule has 2 aromatic carbocycles. The molecule has 1 aliphatic heterocycles. The fraction of sp³-hybridized carbons (Fsp3) is 0.217. The number of nitrogens with zero attached hydrogens (tertiary/aromatic N) is 2. The van der Waals surface area contributed by atoms with Crippen molar-refractivity contribution in [3.63, 3.8) is 0 Å². The Morgan fingerprint density at radius 3 is 2.59 bits per heavy atom. The average molecular weight is 358 g/mol. The molecule has 0 bridgehead atoms. The van der Waals surface area contributed by atoms with E-state index in [0.717, 1.165) is 46.8 Å². The van der Waals surface area contributed by atoms with E-state index >= 15 is 0 Å². The van der Waals surface area contributed by atoms with Gasteiger partial charge in [0.1, 0.15) is 5.75 Å². The summed E-state index contributed by atoms with van der Waals surface area (Å²) in [5, 5.41) is 0. The van der Waals surface area contributed by atoms with E-state index in [1.165, 1.54) is 0 Å². The van der Waals surface area contributed by atoms with Crippen LogP contribution in [0.1, 0.15) is 28.0 Å². The lowest BCUT2D eigenvalue weighted by Gasteiger charge is -2.31. The highest BCUT2D eigenvalue weighted by Crippen LogP contribution is 2.37. The summed E-state index contributed by atoms with van der Waals surface area (Å²) in [6.07, 6.45) is 1.90. The topological polar surface area (TPSA) is 42.4 Å². The lowest BCUT2D eigenvalue weighted by atomic mass is 9.99. The Hall–Kier alpha value is -3.14. The third-order valence-corrected chi connectivity index (χ3v) is 5.03. The van der Waals surface area contributed by atoms with Crippen LogP contribution in [0.2, 0.25) is 0 Å². The number of aryl methyl sites for hydroxylation is 2. The zero-order chi connectivity index (χ0) is 18.8. The number of hydrogen-bond acceptors (Lipinski definition) is 3. The van der Waals surface area contributed by atoms with Crippen molar-refractivity contribution in [1.82, 2.24) is 4.98 Å². The molecular weight excluding hydrogens is 336 g/mol. The predicted molar refractivity (Wildman–Crippen MR) is 107 cm³/mol. The van der Waals surface area contributed by atoms with Gasteiger partial charge in [-0.25, -0.2) is 0 Å². The zero-order valence-electron chi connectivity index (χ0n) is 15.6. The number of hydrogen-bond donors (Lipinski definition) is 0. The van der Waals surface area contributed by atoms with Crippen LogP contribution in [0.4, 0.5) is 5.69 Å². The highest BCUT2D eigenvalue weighted by molar-refractivity contribution is 6.08. The maximum atomic E-state index is 13.3. The Bertz CT molecular complexity index is 969. The van der Waals surface area contributed by atoms with Crippen molar-refractivity contribution in [2.75, 3.05) is 18.6 Å². The zero-order valence-corrected chi connectivity index (χ0v) is 15.6. The second-order valence-corrected chi connectivity index (χ2v) is 6.72. The SMILES string of the molecule is COc1cccc2c1N(C(=O)c1ccc(-c3ccccc3)nc1C)CCC2. The maximum absolute atomic E-state index is 13.3. The molecule has 2 heterocycles. The molecule has 1 aliphatic rings. The number of methoxy groups -OCH3 is 1. The smallest absolute Gasteiger partial charge is 0.260 e. The summed E-state index contributed by atoms with van der Waals surface area (Å²) in [4.78, 5) is 19.8. The number of aromatic nitrogens is 1. The quantitative estimate of drug-likeness (QED) is 0.684. The van der Waals surface area contributed by atoms with E-state index in [0.29, 0.717) is 12.1 Å². The number of rotatable bonds is 3. The number of carbonyl (C=O) groups is 1. The normalized spacial score (nSPS) is 13.2. The molecular formula is C23H22N2O2. The van der Waals surface area contributed by atoms with Gasteiger partial charge >= 0.3 is 0 Å². The largest absolute Gasteiger partial charge is 0.495 e. The molecule has 0 atom stereocenters. The molecule has 0 saturated carbocycles. The molecule has 0 radical (unpaired) electrons. The number of pyridine rings is 1. The van der Waals surface area contributed by atoms with Gasteiger partial charge in [0.2, 0.25) is 0 Å². The van der Waals surface area contributed by atoms with Crippen molar-refractivity contribution in [1.29, 1.82) is 0 Å². The van der Waals surface area contributed by atoms with Gasteiger partial charge in [-0.05, 0) is 43.5 Å². The monoisotopic (exact) mass is 358 g/mol. The van der Waals surface area contributed by atoms with Crippen LogP contribution in [0, 0.1) is 6.92 Å². The van der Waals surface area contributed by atoms with Crippen molar-refractivity contribution in [2.45, 2.75) is 19.8 Å². The second-order valence-electron chi connectivity index (χ2n) is 6.72. The van der Waals surface area contributed by atoms with Crippen LogP contribution in [0.25, 0.3) is 11.3 Å². The summed E-state index contributed by atoms with van der Waals surface area (Å²) >= 11 is 0. The first-order chi connectivity index (χ1) is 13.2. The van der Waals surface area contributed by atoms with Gasteiger partial charge in [0.25, 0.3) is 5.91 Å².